The van der Waals surface area contributed by atoms with E-state index in [0.29, 0.717) is 16.9 Å². The number of carbonyl (C=O) groups is 1. The topological polar surface area (TPSA) is 80.1 Å². The zero-order chi connectivity index (χ0) is 25.6. The van der Waals surface area contributed by atoms with Crippen LogP contribution in [0, 0.1) is 5.82 Å². The molecule has 36 heavy (non-hydrogen) atoms. The fourth-order valence-electron chi connectivity index (χ4n) is 4.64. The van der Waals surface area contributed by atoms with E-state index in [1.807, 2.05) is 16.7 Å². The molecule has 0 amide bonds. The van der Waals surface area contributed by atoms with Crippen LogP contribution in [0.15, 0.2) is 66.9 Å². The van der Waals surface area contributed by atoms with Crippen molar-refractivity contribution in [2.45, 2.75) is 25.9 Å². The minimum atomic E-state index is -2.95. The van der Waals surface area contributed by atoms with Crippen molar-refractivity contribution in [1.29, 1.82) is 0 Å². The zero-order valence-corrected chi connectivity index (χ0v) is 19.4. The average Bonchev–Trinajstić information content (AvgIpc) is 3.44. The second-order valence-electron chi connectivity index (χ2n) is 9.20. The van der Waals surface area contributed by atoms with Gasteiger partial charge in [-0.3, -0.25) is 5.10 Å². The summed E-state index contributed by atoms with van der Waals surface area (Å²) in [6.45, 7) is 0.357. The summed E-state index contributed by atoms with van der Waals surface area (Å²) in [7, 11) is 0. The lowest BCUT2D eigenvalue weighted by atomic mass is 9.84. The van der Waals surface area contributed by atoms with E-state index in [2.05, 4.69) is 10.2 Å². The molecule has 0 saturated carbocycles. The van der Waals surface area contributed by atoms with Gasteiger partial charge in [-0.1, -0.05) is 26.0 Å². The summed E-state index contributed by atoms with van der Waals surface area (Å²) in [5.41, 5.74) is 3.44. The molecule has 2 N–H and O–H groups in total. The molecule has 0 aliphatic rings. The molecule has 2 heterocycles. The molecule has 6 nitrogen and oxygen atoms in total. The van der Waals surface area contributed by atoms with E-state index < -0.39 is 23.8 Å². The summed E-state index contributed by atoms with van der Waals surface area (Å²) in [6, 6.07) is 16.2. The lowest BCUT2D eigenvalue weighted by molar-refractivity contribution is -0.139. The van der Waals surface area contributed by atoms with Gasteiger partial charge in [0.2, 0.25) is 0 Å². The van der Waals surface area contributed by atoms with E-state index in [1.54, 1.807) is 44.3 Å². The molecule has 0 aliphatic carbocycles. The number of carboxylic acid groups (broad SMARTS) is 1. The summed E-state index contributed by atoms with van der Waals surface area (Å²) in [5.74, 6) is -1.46. The monoisotopic (exact) mass is 493 g/mol. The van der Waals surface area contributed by atoms with Crippen LogP contribution in [0.25, 0.3) is 38.6 Å². The molecule has 9 heteroatoms. The van der Waals surface area contributed by atoms with Crippen molar-refractivity contribution < 1.29 is 27.8 Å². The third kappa shape index (κ3) is 4.11. The van der Waals surface area contributed by atoms with E-state index in [0.717, 1.165) is 27.4 Å². The quantitative estimate of drug-likeness (QED) is 0.270. The molecule has 5 aromatic rings. The molecule has 2 aromatic heterocycles. The number of hydrogen-bond donors (Lipinski definition) is 2. The molecular weight excluding hydrogens is 471 g/mol. The van der Waals surface area contributed by atoms with Gasteiger partial charge in [-0.2, -0.15) is 13.9 Å². The molecule has 0 atom stereocenters. The van der Waals surface area contributed by atoms with Crippen molar-refractivity contribution in [3.05, 3.63) is 83.9 Å². The Kier molecular flexibility index (Phi) is 5.80. The second-order valence-corrected chi connectivity index (χ2v) is 9.20. The highest BCUT2D eigenvalue weighted by Crippen LogP contribution is 2.44. The Bertz CT molecular complexity index is 1570. The Morgan fingerprint density at radius 2 is 1.81 bits per heavy atom. The maximum absolute atomic E-state index is 13.8. The fourth-order valence-corrected chi connectivity index (χ4v) is 4.64. The number of aromatic nitrogens is 3. The third-order valence-corrected chi connectivity index (χ3v) is 6.24. The first kappa shape index (κ1) is 23.6. The molecular formula is C27H22F3N3O3. The van der Waals surface area contributed by atoms with Crippen LogP contribution >= 0.6 is 0 Å². The van der Waals surface area contributed by atoms with Crippen LogP contribution < -0.4 is 0 Å². The molecule has 3 aromatic carbocycles. The van der Waals surface area contributed by atoms with E-state index in [1.165, 1.54) is 24.3 Å². The molecule has 0 saturated heterocycles. The fraction of sp³-hybridized carbons (Fsp3) is 0.185. The van der Waals surface area contributed by atoms with Gasteiger partial charge in [-0.25, -0.2) is 9.18 Å². The predicted molar refractivity (Wildman–Crippen MR) is 130 cm³/mol. The Morgan fingerprint density at radius 1 is 1.11 bits per heavy atom. The van der Waals surface area contributed by atoms with E-state index in [9.17, 15) is 23.1 Å². The smallest absolute Gasteiger partial charge is 0.345 e. The van der Waals surface area contributed by atoms with Crippen molar-refractivity contribution in [3.63, 3.8) is 0 Å². The Hall–Kier alpha value is -4.11. The SMILES string of the molecule is CC(C)(COC(F)F)c1c(-c2ccc(C(=O)O)cc2)c2cc3[nH]ncc3cc2n1-c1ccc(F)cc1. The lowest BCUT2D eigenvalue weighted by Crippen LogP contribution is -2.29. The Morgan fingerprint density at radius 3 is 2.44 bits per heavy atom. The first-order chi connectivity index (χ1) is 17.2. The van der Waals surface area contributed by atoms with Crippen molar-refractivity contribution >= 4 is 27.8 Å². The number of ether oxygens (including phenoxy) is 1. The number of fused-ring (bicyclic) bond motifs is 2. The first-order valence-corrected chi connectivity index (χ1v) is 11.2. The van der Waals surface area contributed by atoms with Crippen LogP contribution in [0.5, 0.6) is 0 Å². The summed E-state index contributed by atoms with van der Waals surface area (Å²) in [5, 5.41) is 18.1. The summed E-state index contributed by atoms with van der Waals surface area (Å²) >= 11 is 0. The molecule has 0 aliphatic heterocycles. The molecule has 0 unspecified atom stereocenters. The molecule has 0 radical (unpaired) electrons. The largest absolute Gasteiger partial charge is 0.478 e. The van der Waals surface area contributed by atoms with Gasteiger partial charge in [0, 0.05) is 33.1 Å². The van der Waals surface area contributed by atoms with Crippen LogP contribution in [0.2, 0.25) is 0 Å². The molecule has 0 fully saturated rings. The Labute approximate surface area is 203 Å². The highest BCUT2D eigenvalue weighted by molar-refractivity contribution is 6.06. The van der Waals surface area contributed by atoms with Crippen molar-refractivity contribution in [1.82, 2.24) is 14.8 Å². The number of nitrogens with zero attached hydrogens (tertiary/aromatic N) is 2. The number of aromatic carboxylic acids is 1. The van der Waals surface area contributed by atoms with Crippen molar-refractivity contribution in [2.75, 3.05) is 6.61 Å². The van der Waals surface area contributed by atoms with Gasteiger partial charge in [0.15, 0.2) is 0 Å². The summed E-state index contributed by atoms with van der Waals surface area (Å²) < 4.78 is 46.7. The van der Waals surface area contributed by atoms with Gasteiger partial charge in [0.25, 0.3) is 0 Å². The normalized spacial score (nSPS) is 12.2. The van der Waals surface area contributed by atoms with Gasteiger partial charge >= 0.3 is 12.6 Å². The first-order valence-electron chi connectivity index (χ1n) is 11.2. The zero-order valence-electron chi connectivity index (χ0n) is 19.4. The second kappa shape index (κ2) is 8.83. The number of hydrogen-bond acceptors (Lipinski definition) is 3. The van der Waals surface area contributed by atoms with Gasteiger partial charge in [0.05, 0.1) is 29.4 Å². The predicted octanol–water partition coefficient (Wildman–Crippen LogP) is 6.53. The highest BCUT2D eigenvalue weighted by atomic mass is 19.3. The number of alkyl halides is 2. The maximum Gasteiger partial charge on any atom is 0.345 e. The molecule has 184 valence electrons. The van der Waals surface area contributed by atoms with Gasteiger partial charge in [-0.15, -0.1) is 0 Å². The van der Waals surface area contributed by atoms with Crippen LogP contribution in [-0.2, 0) is 10.2 Å². The van der Waals surface area contributed by atoms with Crippen molar-refractivity contribution in [3.8, 4) is 16.8 Å². The van der Waals surface area contributed by atoms with E-state index in [4.69, 9.17) is 4.74 Å². The minimum absolute atomic E-state index is 0.124. The van der Waals surface area contributed by atoms with Crippen LogP contribution in [0.3, 0.4) is 0 Å². The lowest BCUT2D eigenvalue weighted by Gasteiger charge is -2.28. The van der Waals surface area contributed by atoms with Crippen LogP contribution in [-0.4, -0.2) is 39.1 Å². The minimum Gasteiger partial charge on any atom is -0.478 e. The number of halogens is 3. The number of benzene rings is 3. The number of carboxylic acids is 1. The summed E-state index contributed by atoms with van der Waals surface area (Å²) in [4.78, 5) is 11.4. The average molecular weight is 493 g/mol. The molecule has 5 rings (SSSR count). The maximum atomic E-state index is 13.8. The highest BCUT2D eigenvalue weighted by Gasteiger charge is 2.33. The van der Waals surface area contributed by atoms with Crippen LogP contribution in [0.1, 0.15) is 29.9 Å². The molecule has 0 bridgehead atoms. The number of H-pyrrole nitrogens is 1. The van der Waals surface area contributed by atoms with Gasteiger partial charge in [-0.05, 0) is 54.1 Å². The third-order valence-electron chi connectivity index (χ3n) is 6.24. The van der Waals surface area contributed by atoms with Gasteiger partial charge in [0.1, 0.15) is 5.82 Å². The molecule has 0 spiro atoms. The Balaban J connectivity index is 1.89. The van der Waals surface area contributed by atoms with Gasteiger partial charge < -0.3 is 14.4 Å². The van der Waals surface area contributed by atoms with E-state index in [-0.39, 0.29) is 12.2 Å². The number of rotatable bonds is 7. The summed E-state index contributed by atoms with van der Waals surface area (Å²) in [6.07, 6.45) is 1.68. The number of nitrogens with one attached hydrogen (secondary N) is 1. The van der Waals surface area contributed by atoms with Crippen LogP contribution in [0.4, 0.5) is 13.2 Å². The van der Waals surface area contributed by atoms with E-state index >= 15 is 0 Å². The van der Waals surface area contributed by atoms with Crippen molar-refractivity contribution in [2.24, 2.45) is 0 Å². The standard InChI is InChI=1S/C27H22F3N3O3/c1-27(2,14-36-26(29)30)24-23(15-3-5-16(6-4-15)25(34)35)20-12-21-17(13-31-32-21)11-22(20)33(24)19-9-7-18(28)8-10-19/h3-13,26H,14H2,1-2H3,(H,31,32)(H,34,35). The number of aromatic amines is 1.